The predicted octanol–water partition coefficient (Wildman–Crippen LogP) is 4.35. The van der Waals surface area contributed by atoms with Crippen molar-refractivity contribution in [1.82, 2.24) is 0 Å². The second kappa shape index (κ2) is 5.08. The maximum atomic E-state index is 13.2. The molecule has 0 saturated heterocycles. The Morgan fingerprint density at radius 3 is 2.38 bits per heavy atom. The first-order valence-corrected chi connectivity index (χ1v) is 5.80. The fourth-order valence-electron chi connectivity index (χ4n) is 1.27. The Labute approximate surface area is 96.0 Å². The average Bonchev–Trinajstić information content (AvgIpc) is 2.18. The van der Waals surface area contributed by atoms with Crippen molar-refractivity contribution in [2.24, 2.45) is 0 Å². The highest BCUT2D eigenvalue weighted by Crippen LogP contribution is 2.31. The van der Waals surface area contributed by atoms with Crippen molar-refractivity contribution >= 4 is 11.8 Å². The van der Waals surface area contributed by atoms with Crippen LogP contribution in [0.15, 0.2) is 17.0 Å². The molecule has 90 valence electrons. The molecule has 0 bridgehead atoms. The lowest BCUT2D eigenvalue weighted by Gasteiger charge is -2.11. The number of hydrogen-bond donors (Lipinski definition) is 0. The van der Waals surface area contributed by atoms with Crippen molar-refractivity contribution in [3.05, 3.63) is 29.1 Å². The molecule has 0 aliphatic carbocycles. The summed E-state index contributed by atoms with van der Waals surface area (Å²) in [5, 5.41) is 0. The number of rotatable bonds is 3. The van der Waals surface area contributed by atoms with Gasteiger partial charge in [0.2, 0.25) is 0 Å². The Kier molecular flexibility index (Phi) is 4.24. The quantitative estimate of drug-likeness (QED) is 0.569. The number of aryl methyl sites for hydroxylation is 2. The van der Waals surface area contributed by atoms with Crippen LogP contribution in [0.1, 0.15) is 18.1 Å². The van der Waals surface area contributed by atoms with Gasteiger partial charge in [-0.05, 0) is 36.6 Å². The summed E-state index contributed by atoms with van der Waals surface area (Å²) >= 11 is 0.710. The van der Waals surface area contributed by atoms with Crippen LogP contribution in [0.25, 0.3) is 0 Å². The number of alkyl halides is 3. The maximum Gasteiger partial charge on any atom is 0.398 e. The second-order valence-electron chi connectivity index (χ2n) is 3.47. The smallest absolute Gasteiger partial charge is 0.207 e. The zero-order valence-electron chi connectivity index (χ0n) is 8.99. The Hall–Kier alpha value is -0.710. The standard InChI is InChI=1S/C11H12F4S/c1-3-8-5-9(12)7(2)4-10(8)16-6-11(13,14)15/h4-5H,3,6H2,1-2H3. The molecule has 1 aromatic carbocycles. The van der Waals surface area contributed by atoms with Crippen LogP contribution >= 0.6 is 11.8 Å². The van der Waals surface area contributed by atoms with Crippen LogP contribution in [0.5, 0.6) is 0 Å². The molecule has 1 aromatic rings. The Bertz CT molecular complexity index is 371. The fraction of sp³-hybridized carbons (Fsp3) is 0.455. The first-order chi connectivity index (χ1) is 7.33. The number of halogens is 4. The molecule has 0 nitrogen and oxygen atoms in total. The highest BCUT2D eigenvalue weighted by Gasteiger charge is 2.27. The highest BCUT2D eigenvalue weighted by molar-refractivity contribution is 7.99. The van der Waals surface area contributed by atoms with Gasteiger partial charge in [-0.2, -0.15) is 13.2 Å². The molecule has 0 unspecified atom stereocenters. The van der Waals surface area contributed by atoms with E-state index in [0.717, 1.165) is 0 Å². The van der Waals surface area contributed by atoms with Gasteiger partial charge in [0.05, 0.1) is 5.75 Å². The number of benzene rings is 1. The maximum absolute atomic E-state index is 13.2. The molecule has 0 aromatic heterocycles. The van der Waals surface area contributed by atoms with Crippen LogP contribution in [0, 0.1) is 12.7 Å². The molecular weight excluding hydrogens is 240 g/mol. The Morgan fingerprint density at radius 1 is 1.25 bits per heavy atom. The van der Waals surface area contributed by atoms with E-state index in [1.54, 1.807) is 13.8 Å². The molecular formula is C11H12F4S. The van der Waals surface area contributed by atoms with Gasteiger partial charge in [0.1, 0.15) is 5.82 Å². The van der Waals surface area contributed by atoms with E-state index in [0.29, 0.717) is 34.2 Å². The summed E-state index contributed by atoms with van der Waals surface area (Å²) in [7, 11) is 0. The largest absolute Gasteiger partial charge is 0.398 e. The minimum atomic E-state index is -4.20. The normalized spacial score (nSPS) is 11.9. The lowest BCUT2D eigenvalue weighted by atomic mass is 10.1. The first-order valence-electron chi connectivity index (χ1n) is 4.82. The van der Waals surface area contributed by atoms with Crippen LogP contribution in [0.2, 0.25) is 0 Å². The summed E-state index contributed by atoms with van der Waals surface area (Å²) in [5.74, 6) is -1.31. The number of hydrogen-bond acceptors (Lipinski definition) is 1. The van der Waals surface area contributed by atoms with E-state index in [2.05, 4.69) is 0 Å². The molecule has 0 N–H and O–H groups in total. The van der Waals surface area contributed by atoms with E-state index >= 15 is 0 Å². The van der Waals surface area contributed by atoms with Gasteiger partial charge in [-0.15, -0.1) is 11.8 Å². The minimum Gasteiger partial charge on any atom is -0.207 e. The summed E-state index contributed by atoms with van der Waals surface area (Å²) < 4.78 is 49.4. The summed E-state index contributed by atoms with van der Waals surface area (Å²) in [6.07, 6.45) is -3.67. The zero-order valence-corrected chi connectivity index (χ0v) is 9.81. The van der Waals surface area contributed by atoms with Crippen molar-refractivity contribution in [2.45, 2.75) is 31.3 Å². The molecule has 16 heavy (non-hydrogen) atoms. The van der Waals surface area contributed by atoms with Gasteiger partial charge in [0, 0.05) is 4.90 Å². The van der Waals surface area contributed by atoms with Gasteiger partial charge in [0.25, 0.3) is 0 Å². The van der Waals surface area contributed by atoms with Crippen molar-refractivity contribution in [3.63, 3.8) is 0 Å². The van der Waals surface area contributed by atoms with E-state index in [1.807, 2.05) is 0 Å². The summed E-state index contributed by atoms with van der Waals surface area (Å²) in [6.45, 7) is 3.34. The highest BCUT2D eigenvalue weighted by atomic mass is 32.2. The summed E-state index contributed by atoms with van der Waals surface area (Å²) in [6, 6.07) is 2.79. The lowest BCUT2D eigenvalue weighted by molar-refractivity contribution is -0.105. The molecule has 0 saturated carbocycles. The molecule has 0 heterocycles. The monoisotopic (exact) mass is 252 g/mol. The van der Waals surface area contributed by atoms with Crippen molar-refractivity contribution in [3.8, 4) is 0 Å². The summed E-state index contributed by atoms with van der Waals surface area (Å²) in [5.41, 5.74) is 0.999. The molecule has 0 aliphatic heterocycles. The number of thioether (sulfide) groups is 1. The van der Waals surface area contributed by atoms with Gasteiger partial charge < -0.3 is 0 Å². The third kappa shape index (κ3) is 3.70. The van der Waals surface area contributed by atoms with E-state index in [-0.39, 0.29) is 5.82 Å². The van der Waals surface area contributed by atoms with Crippen molar-refractivity contribution in [1.29, 1.82) is 0 Å². The van der Waals surface area contributed by atoms with E-state index in [1.165, 1.54) is 12.1 Å². The fourth-order valence-corrected chi connectivity index (χ4v) is 2.23. The zero-order chi connectivity index (χ0) is 12.3. The summed E-state index contributed by atoms with van der Waals surface area (Å²) in [4.78, 5) is 0.513. The van der Waals surface area contributed by atoms with Gasteiger partial charge in [-0.1, -0.05) is 6.92 Å². The second-order valence-corrected chi connectivity index (χ2v) is 4.48. The first kappa shape index (κ1) is 13.4. The van der Waals surface area contributed by atoms with Crippen LogP contribution in [0.3, 0.4) is 0 Å². The average molecular weight is 252 g/mol. The Morgan fingerprint density at radius 2 is 1.88 bits per heavy atom. The molecule has 0 spiro atoms. The topological polar surface area (TPSA) is 0 Å². The predicted molar refractivity (Wildman–Crippen MR) is 57.3 cm³/mol. The van der Waals surface area contributed by atoms with Crippen molar-refractivity contribution in [2.75, 3.05) is 5.75 Å². The van der Waals surface area contributed by atoms with E-state index < -0.39 is 11.9 Å². The van der Waals surface area contributed by atoms with Crippen LogP contribution < -0.4 is 0 Å². The lowest BCUT2D eigenvalue weighted by Crippen LogP contribution is -2.11. The van der Waals surface area contributed by atoms with E-state index in [4.69, 9.17) is 0 Å². The molecule has 5 heteroatoms. The van der Waals surface area contributed by atoms with Crippen LogP contribution in [-0.4, -0.2) is 11.9 Å². The van der Waals surface area contributed by atoms with Crippen LogP contribution in [-0.2, 0) is 6.42 Å². The molecule has 1 rings (SSSR count). The van der Waals surface area contributed by atoms with Crippen molar-refractivity contribution < 1.29 is 17.6 Å². The third-order valence-corrected chi connectivity index (χ3v) is 3.28. The Balaban J connectivity index is 2.90. The molecule has 0 amide bonds. The van der Waals surface area contributed by atoms with Gasteiger partial charge in [-0.3, -0.25) is 0 Å². The third-order valence-electron chi connectivity index (χ3n) is 2.11. The minimum absolute atomic E-state index is 0.367. The van der Waals surface area contributed by atoms with Gasteiger partial charge in [-0.25, -0.2) is 4.39 Å². The van der Waals surface area contributed by atoms with E-state index in [9.17, 15) is 17.6 Å². The molecule has 0 atom stereocenters. The molecule has 0 radical (unpaired) electrons. The SMILES string of the molecule is CCc1cc(F)c(C)cc1SCC(F)(F)F. The molecule has 0 aliphatic rings. The van der Waals surface area contributed by atoms with Gasteiger partial charge in [0.15, 0.2) is 0 Å². The molecule has 0 fully saturated rings. The van der Waals surface area contributed by atoms with Crippen LogP contribution in [0.4, 0.5) is 17.6 Å². The van der Waals surface area contributed by atoms with Gasteiger partial charge >= 0.3 is 6.18 Å².